The van der Waals surface area contributed by atoms with Crippen molar-refractivity contribution < 1.29 is 31.5 Å². The van der Waals surface area contributed by atoms with Crippen LogP contribution in [0.25, 0.3) is 0 Å². The predicted molar refractivity (Wildman–Crippen MR) is 72.9 cm³/mol. The lowest BCUT2D eigenvalue weighted by Gasteiger charge is -2.33. The molecule has 10 heteroatoms. The van der Waals surface area contributed by atoms with Gasteiger partial charge < -0.3 is 5.11 Å². The highest BCUT2D eigenvalue weighted by Gasteiger charge is 2.37. The molecule has 1 aliphatic heterocycles. The molecule has 1 aliphatic rings. The Morgan fingerprint density at radius 3 is 2.48 bits per heavy atom. The van der Waals surface area contributed by atoms with Crippen molar-refractivity contribution >= 4 is 16.0 Å². The molecule has 2 atom stereocenters. The van der Waals surface area contributed by atoms with Gasteiger partial charge in [0.1, 0.15) is 10.6 Å². The fraction of sp³-hybridized carbons (Fsp3) is 0.538. The van der Waals surface area contributed by atoms with Gasteiger partial charge in [-0.2, -0.15) is 17.5 Å². The molecule has 0 aliphatic carbocycles. The normalized spacial score (nSPS) is 23.7. The van der Waals surface area contributed by atoms with Crippen LogP contribution >= 0.6 is 0 Å². The third kappa shape index (κ3) is 3.81. The molecule has 2 rings (SSSR count). The summed E-state index contributed by atoms with van der Waals surface area (Å²) in [6.07, 6.45) is -3.66. The zero-order valence-corrected chi connectivity index (χ0v) is 12.9. The first-order chi connectivity index (χ1) is 10.5. The zero-order valence-electron chi connectivity index (χ0n) is 12.1. The lowest BCUT2D eigenvalue weighted by molar-refractivity contribution is -0.143. The molecule has 1 aromatic heterocycles. The molecule has 1 N–H and O–H groups in total. The standard InChI is InChI=1S/C13H15F3N2O4S/c1-8-4-9(12(19)20)7-18(6-8)23(21,22)10-2-3-11(17-5-10)13(14,15)16/h2-3,5,8-9H,4,6-7H2,1H3,(H,19,20). The highest BCUT2D eigenvalue weighted by Crippen LogP contribution is 2.30. The molecule has 0 aromatic carbocycles. The van der Waals surface area contributed by atoms with Gasteiger partial charge in [-0.25, -0.2) is 8.42 Å². The minimum Gasteiger partial charge on any atom is -0.481 e. The first kappa shape index (κ1) is 17.7. The average molecular weight is 352 g/mol. The summed E-state index contributed by atoms with van der Waals surface area (Å²) in [5, 5.41) is 9.08. The van der Waals surface area contributed by atoms with Gasteiger partial charge in [-0.3, -0.25) is 9.78 Å². The summed E-state index contributed by atoms with van der Waals surface area (Å²) in [4.78, 5) is 13.9. The van der Waals surface area contributed by atoms with Crippen molar-refractivity contribution in [3.05, 3.63) is 24.0 Å². The summed E-state index contributed by atoms with van der Waals surface area (Å²) in [7, 11) is -4.08. The fourth-order valence-corrected chi connectivity index (χ4v) is 4.08. The van der Waals surface area contributed by atoms with Crippen LogP contribution in [-0.4, -0.2) is 41.9 Å². The molecule has 0 spiro atoms. The highest BCUT2D eigenvalue weighted by atomic mass is 32.2. The van der Waals surface area contributed by atoms with Gasteiger partial charge in [0.25, 0.3) is 0 Å². The van der Waals surface area contributed by atoms with E-state index in [-0.39, 0.29) is 23.9 Å². The highest BCUT2D eigenvalue weighted by molar-refractivity contribution is 7.89. The first-order valence-electron chi connectivity index (χ1n) is 6.78. The number of aliphatic carboxylic acids is 1. The van der Waals surface area contributed by atoms with E-state index in [0.717, 1.165) is 10.4 Å². The number of halogens is 3. The van der Waals surface area contributed by atoms with E-state index in [9.17, 15) is 26.4 Å². The van der Waals surface area contributed by atoms with E-state index in [1.807, 2.05) is 0 Å². The van der Waals surface area contributed by atoms with Crippen molar-refractivity contribution in [1.29, 1.82) is 0 Å². The summed E-state index contributed by atoms with van der Waals surface area (Å²) in [5.41, 5.74) is -1.19. The third-order valence-electron chi connectivity index (χ3n) is 3.64. The molecule has 23 heavy (non-hydrogen) atoms. The van der Waals surface area contributed by atoms with Crippen LogP contribution < -0.4 is 0 Å². The number of pyridine rings is 1. The van der Waals surface area contributed by atoms with Crippen LogP contribution in [0.2, 0.25) is 0 Å². The van der Waals surface area contributed by atoms with Crippen molar-refractivity contribution in [1.82, 2.24) is 9.29 Å². The van der Waals surface area contributed by atoms with Gasteiger partial charge in [0.05, 0.1) is 5.92 Å². The molecule has 2 unspecified atom stereocenters. The van der Waals surface area contributed by atoms with Crippen LogP contribution in [0.5, 0.6) is 0 Å². The molecule has 0 bridgehead atoms. The van der Waals surface area contributed by atoms with Gasteiger partial charge in [-0.1, -0.05) is 6.92 Å². The van der Waals surface area contributed by atoms with Gasteiger partial charge in [0.15, 0.2) is 0 Å². The lowest BCUT2D eigenvalue weighted by Crippen LogP contribution is -2.45. The Hall–Kier alpha value is -1.68. The van der Waals surface area contributed by atoms with Crippen LogP contribution in [0.3, 0.4) is 0 Å². The Morgan fingerprint density at radius 1 is 1.35 bits per heavy atom. The summed E-state index contributed by atoms with van der Waals surface area (Å²) >= 11 is 0. The van der Waals surface area contributed by atoms with Crippen molar-refractivity contribution in [3.8, 4) is 0 Å². The van der Waals surface area contributed by atoms with E-state index in [4.69, 9.17) is 5.11 Å². The van der Waals surface area contributed by atoms with Crippen LogP contribution in [-0.2, 0) is 21.0 Å². The van der Waals surface area contributed by atoms with Crippen molar-refractivity contribution in [3.63, 3.8) is 0 Å². The minimum atomic E-state index is -4.66. The SMILES string of the molecule is CC1CC(C(=O)O)CN(S(=O)(=O)c2ccc(C(F)(F)F)nc2)C1. The Kier molecular flexibility index (Phi) is 4.67. The van der Waals surface area contributed by atoms with Crippen LogP contribution in [0.4, 0.5) is 13.2 Å². The summed E-state index contributed by atoms with van der Waals surface area (Å²) in [6.45, 7) is 1.64. The van der Waals surface area contributed by atoms with E-state index >= 15 is 0 Å². The van der Waals surface area contributed by atoms with Gasteiger partial charge in [-0.05, 0) is 24.5 Å². The maximum Gasteiger partial charge on any atom is 0.433 e. The second-order valence-electron chi connectivity index (χ2n) is 5.57. The number of carboxylic acids is 1. The topological polar surface area (TPSA) is 87.6 Å². The van der Waals surface area contributed by atoms with E-state index in [1.165, 1.54) is 0 Å². The number of nitrogens with zero attached hydrogens (tertiary/aromatic N) is 2. The van der Waals surface area contributed by atoms with Gasteiger partial charge in [0, 0.05) is 19.3 Å². The molecule has 128 valence electrons. The van der Waals surface area contributed by atoms with Crippen LogP contribution in [0, 0.1) is 11.8 Å². The number of hydrogen-bond donors (Lipinski definition) is 1. The first-order valence-corrected chi connectivity index (χ1v) is 8.22. The van der Waals surface area contributed by atoms with E-state index in [0.29, 0.717) is 18.7 Å². The van der Waals surface area contributed by atoms with Crippen molar-refractivity contribution in [2.45, 2.75) is 24.4 Å². The molecule has 2 heterocycles. The monoisotopic (exact) mass is 352 g/mol. The number of alkyl halides is 3. The smallest absolute Gasteiger partial charge is 0.433 e. The maximum atomic E-state index is 12.5. The quantitative estimate of drug-likeness (QED) is 0.897. The van der Waals surface area contributed by atoms with Gasteiger partial charge in [-0.15, -0.1) is 0 Å². The molecule has 1 aromatic rings. The number of carbonyl (C=O) groups is 1. The second-order valence-corrected chi connectivity index (χ2v) is 7.51. The molecule has 1 fully saturated rings. The van der Waals surface area contributed by atoms with Crippen LogP contribution in [0.15, 0.2) is 23.2 Å². The second kappa shape index (κ2) is 6.08. The van der Waals surface area contributed by atoms with E-state index in [1.54, 1.807) is 6.92 Å². The van der Waals surface area contributed by atoms with Gasteiger partial charge >= 0.3 is 12.1 Å². The minimum absolute atomic E-state index is 0.118. The Morgan fingerprint density at radius 2 is 2.00 bits per heavy atom. The zero-order chi connectivity index (χ0) is 17.4. The summed E-state index contributed by atoms with van der Waals surface area (Å²) in [5.74, 6) is -2.10. The number of carboxylic acid groups (broad SMARTS) is 1. The molecule has 0 amide bonds. The van der Waals surface area contributed by atoms with Crippen molar-refractivity contribution in [2.24, 2.45) is 11.8 Å². The van der Waals surface area contributed by atoms with Crippen molar-refractivity contribution in [2.75, 3.05) is 13.1 Å². The molecular weight excluding hydrogens is 337 g/mol. The fourth-order valence-electron chi connectivity index (χ4n) is 2.53. The van der Waals surface area contributed by atoms with E-state index < -0.39 is 33.8 Å². The van der Waals surface area contributed by atoms with Crippen LogP contribution in [0.1, 0.15) is 19.0 Å². The molecule has 6 nitrogen and oxygen atoms in total. The Bertz CT molecular complexity index is 688. The van der Waals surface area contributed by atoms with Gasteiger partial charge in [0.2, 0.25) is 10.0 Å². The number of rotatable bonds is 3. The van der Waals surface area contributed by atoms with E-state index in [2.05, 4.69) is 4.98 Å². The lowest BCUT2D eigenvalue weighted by atomic mass is 9.92. The average Bonchev–Trinajstić information content (AvgIpc) is 2.45. The molecular formula is C13H15F3N2O4S. The Labute approximate surface area is 131 Å². The number of sulfonamides is 1. The third-order valence-corrected chi connectivity index (χ3v) is 5.46. The predicted octanol–water partition coefficient (Wildman–Crippen LogP) is 1.83. The molecule has 0 saturated carbocycles. The number of aromatic nitrogens is 1. The largest absolute Gasteiger partial charge is 0.481 e. The molecule has 1 saturated heterocycles. The summed E-state index contributed by atoms with van der Waals surface area (Å²) in [6, 6.07) is 1.43. The number of piperidine rings is 1. The summed E-state index contributed by atoms with van der Waals surface area (Å²) < 4.78 is 63.4. The Balaban J connectivity index is 2.28. The number of hydrogen-bond acceptors (Lipinski definition) is 4. The molecule has 0 radical (unpaired) electrons. The maximum absolute atomic E-state index is 12.5.